The summed E-state index contributed by atoms with van der Waals surface area (Å²) in [6.07, 6.45) is 0. The number of nitrogens with one attached hydrogen (secondary N) is 1. The molecule has 1 aromatic rings. The molecule has 4 nitrogen and oxygen atoms in total. The normalized spacial score (nSPS) is 10.0. The molecule has 4 heteroatoms. The largest absolute Gasteiger partial charge is 0.459 e. The summed E-state index contributed by atoms with van der Waals surface area (Å²) in [7, 11) is 0. The van der Waals surface area contributed by atoms with Crippen LogP contribution in [0.4, 0.5) is 0 Å². The van der Waals surface area contributed by atoms with Crippen LogP contribution in [-0.2, 0) is 20.9 Å². The summed E-state index contributed by atoms with van der Waals surface area (Å²) >= 11 is 0. The van der Waals surface area contributed by atoms with E-state index in [1.807, 2.05) is 26.8 Å². The first-order chi connectivity index (χ1) is 8.45. The van der Waals surface area contributed by atoms with Gasteiger partial charge in [0.05, 0.1) is 6.61 Å². The van der Waals surface area contributed by atoms with Gasteiger partial charge in [0, 0.05) is 6.54 Å². The standard InChI is InChI=1S/C14H19NO3/c1-5-18-14(17)13(16)15-8-12-7-10(3)9(2)6-11(12)4/h6-7H,5,8H2,1-4H3,(H,15,16). The average molecular weight is 249 g/mol. The molecule has 0 unspecified atom stereocenters. The van der Waals surface area contributed by atoms with Crippen LogP contribution in [0.15, 0.2) is 12.1 Å². The Morgan fingerprint density at radius 2 is 1.72 bits per heavy atom. The van der Waals surface area contributed by atoms with E-state index in [9.17, 15) is 9.59 Å². The highest BCUT2D eigenvalue weighted by molar-refractivity contribution is 6.32. The first kappa shape index (κ1) is 14.2. The Morgan fingerprint density at radius 3 is 2.33 bits per heavy atom. The van der Waals surface area contributed by atoms with Crippen LogP contribution in [0.1, 0.15) is 29.2 Å². The van der Waals surface area contributed by atoms with E-state index in [0.717, 1.165) is 11.1 Å². The molecule has 1 aromatic carbocycles. The van der Waals surface area contributed by atoms with Crippen molar-refractivity contribution in [3.63, 3.8) is 0 Å². The van der Waals surface area contributed by atoms with Crippen molar-refractivity contribution >= 4 is 11.9 Å². The fourth-order valence-electron chi connectivity index (χ4n) is 1.66. The van der Waals surface area contributed by atoms with Crippen molar-refractivity contribution in [3.8, 4) is 0 Å². The highest BCUT2D eigenvalue weighted by Gasteiger charge is 2.14. The zero-order chi connectivity index (χ0) is 13.7. The average Bonchev–Trinajstić information content (AvgIpc) is 2.32. The lowest BCUT2D eigenvalue weighted by molar-refractivity contribution is -0.154. The van der Waals surface area contributed by atoms with Gasteiger partial charge in [0.15, 0.2) is 0 Å². The Morgan fingerprint density at radius 1 is 1.11 bits per heavy atom. The molecule has 0 fully saturated rings. The molecule has 0 aromatic heterocycles. The molecule has 1 N–H and O–H groups in total. The molecule has 0 saturated heterocycles. The van der Waals surface area contributed by atoms with Crippen LogP contribution >= 0.6 is 0 Å². The fraction of sp³-hybridized carbons (Fsp3) is 0.429. The van der Waals surface area contributed by atoms with E-state index in [0.29, 0.717) is 6.54 Å². The second kappa shape index (κ2) is 6.19. The first-order valence-electron chi connectivity index (χ1n) is 5.97. The van der Waals surface area contributed by atoms with E-state index in [1.54, 1.807) is 6.92 Å². The van der Waals surface area contributed by atoms with Crippen LogP contribution in [0.25, 0.3) is 0 Å². The molecule has 0 spiro atoms. The van der Waals surface area contributed by atoms with Gasteiger partial charge >= 0.3 is 11.9 Å². The highest BCUT2D eigenvalue weighted by Crippen LogP contribution is 2.14. The molecule has 0 aliphatic heterocycles. The number of esters is 1. The topological polar surface area (TPSA) is 55.4 Å². The number of hydrogen-bond acceptors (Lipinski definition) is 3. The molecule has 0 aliphatic rings. The maximum Gasteiger partial charge on any atom is 0.396 e. The third-order valence-electron chi connectivity index (χ3n) is 2.85. The van der Waals surface area contributed by atoms with Gasteiger partial charge in [0.2, 0.25) is 0 Å². The molecular weight excluding hydrogens is 230 g/mol. The second-order valence-corrected chi connectivity index (χ2v) is 4.27. The van der Waals surface area contributed by atoms with Crippen LogP contribution < -0.4 is 5.32 Å². The van der Waals surface area contributed by atoms with Crippen molar-refractivity contribution in [2.24, 2.45) is 0 Å². The van der Waals surface area contributed by atoms with E-state index in [1.165, 1.54) is 11.1 Å². The lowest BCUT2D eigenvalue weighted by Gasteiger charge is -2.10. The Bertz CT molecular complexity index is 466. The number of carbonyl (C=O) groups excluding carboxylic acids is 2. The van der Waals surface area contributed by atoms with Gasteiger partial charge in [-0.3, -0.25) is 4.79 Å². The maximum absolute atomic E-state index is 11.4. The summed E-state index contributed by atoms with van der Waals surface area (Å²) < 4.78 is 4.61. The van der Waals surface area contributed by atoms with Gasteiger partial charge in [-0.05, 0) is 49.9 Å². The van der Waals surface area contributed by atoms with Crippen LogP contribution in [0.5, 0.6) is 0 Å². The van der Waals surface area contributed by atoms with Crippen molar-refractivity contribution in [3.05, 3.63) is 34.4 Å². The van der Waals surface area contributed by atoms with Gasteiger partial charge in [0.25, 0.3) is 0 Å². The first-order valence-corrected chi connectivity index (χ1v) is 5.97. The van der Waals surface area contributed by atoms with Crippen LogP contribution in [-0.4, -0.2) is 18.5 Å². The molecule has 0 bridgehead atoms. The summed E-state index contributed by atoms with van der Waals surface area (Å²) in [5.74, 6) is -1.53. The van der Waals surface area contributed by atoms with E-state index < -0.39 is 11.9 Å². The van der Waals surface area contributed by atoms with Crippen LogP contribution in [0.3, 0.4) is 0 Å². The predicted octanol–water partition coefficient (Wildman–Crippen LogP) is 1.79. The van der Waals surface area contributed by atoms with Crippen molar-refractivity contribution in [2.75, 3.05) is 6.61 Å². The van der Waals surface area contributed by atoms with Crippen molar-refractivity contribution in [1.29, 1.82) is 0 Å². The fourth-order valence-corrected chi connectivity index (χ4v) is 1.66. The Labute approximate surface area is 107 Å². The minimum absolute atomic E-state index is 0.203. The third kappa shape index (κ3) is 3.58. The number of ether oxygens (including phenoxy) is 1. The van der Waals surface area contributed by atoms with Gasteiger partial charge < -0.3 is 10.1 Å². The molecule has 0 heterocycles. The Hall–Kier alpha value is -1.84. The van der Waals surface area contributed by atoms with Crippen LogP contribution in [0.2, 0.25) is 0 Å². The smallest absolute Gasteiger partial charge is 0.396 e. The van der Waals surface area contributed by atoms with Crippen molar-refractivity contribution in [2.45, 2.75) is 34.2 Å². The summed E-state index contributed by atoms with van der Waals surface area (Å²) in [6, 6.07) is 4.09. The summed E-state index contributed by atoms with van der Waals surface area (Å²) in [5, 5.41) is 2.56. The maximum atomic E-state index is 11.4. The number of benzene rings is 1. The van der Waals surface area contributed by atoms with Gasteiger partial charge in [-0.15, -0.1) is 0 Å². The third-order valence-corrected chi connectivity index (χ3v) is 2.85. The van der Waals surface area contributed by atoms with Crippen molar-refractivity contribution in [1.82, 2.24) is 5.32 Å². The lowest BCUT2D eigenvalue weighted by atomic mass is 10.0. The second-order valence-electron chi connectivity index (χ2n) is 4.27. The molecular formula is C14H19NO3. The van der Waals surface area contributed by atoms with Gasteiger partial charge in [-0.1, -0.05) is 12.1 Å². The van der Waals surface area contributed by atoms with E-state index >= 15 is 0 Å². The Balaban J connectivity index is 2.67. The monoisotopic (exact) mass is 249 g/mol. The summed E-state index contributed by atoms with van der Waals surface area (Å²) in [5.41, 5.74) is 4.49. The zero-order valence-electron chi connectivity index (χ0n) is 11.3. The summed E-state index contributed by atoms with van der Waals surface area (Å²) in [6.45, 7) is 8.26. The highest BCUT2D eigenvalue weighted by atomic mass is 16.5. The molecule has 0 saturated carbocycles. The number of hydrogen-bond donors (Lipinski definition) is 1. The molecule has 0 radical (unpaired) electrons. The summed E-state index contributed by atoms with van der Waals surface area (Å²) in [4.78, 5) is 22.5. The van der Waals surface area contributed by atoms with Crippen LogP contribution in [0, 0.1) is 20.8 Å². The molecule has 0 aliphatic carbocycles. The Kier molecular flexibility index (Phi) is 4.89. The van der Waals surface area contributed by atoms with E-state index in [2.05, 4.69) is 16.1 Å². The molecule has 0 atom stereocenters. The van der Waals surface area contributed by atoms with Gasteiger partial charge in [-0.2, -0.15) is 0 Å². The number of aryl methyl sites for hydroxylation is 3. The number of amides is 1. The zero-order valence-corrected chi connectivity index (χ0v) is 11.3. The molecule has 1 rings (SSSR count). The van der Waals surface area contributed by atoms with Gasteiger partial charge in [-0.25, -0.2) is 4.79 Å². The lowest BCUT2D eigenvalue weighted by Crippen LogP contribution is -2.32. The SMILES string of the molecule is CCOC(=O)C(=O)NCc1cc(C)c(C)cc1C. The molecule has 18 heavy (non-hydrogen) atoms. The van der Waals surface area contributed by atoms with E-state index in [-0.39, 0.29) is 6.61 Å². The predicted molar refractivity (Wildman–Crippen MR) is 69.1 cm³/mol. The molecule has 1 amide bonds. The van der Waals surface area contributed by atoms with Crippen molar-refractivity contribution < 1.29 is 14.3 Å². The number of carbonyl (C=O) groups is 2. The minimum Gasteiger partial charge on any atom is -0.459 e. The van der Waals surface area contributed by atoms with E-state index in [4.69, 9.17) is 0 Å². The number of rotatable bonds is 3. The minimum atomic E-state index is -0.834. The quantitative estimate of drug-likeness (QED) is 0.656. The van der Waals surface area contributed by atoms with Gasteiger partial charge in [0.1, 0.15) is 0 Å². The molecule has 98 valence electrons.